The Morgan fingerprint density at radius 3 is 2.68 bits per heavy atom. The van der Waals surface area contributed by atoms with Gasteiger partial charge in [-0.3, -0.25) is 9.63 Å². The van der Waals surface area contributed by atoms with Crippen molar-refractivity contribution in [3.05, 3.63) is 57.2 Å². The van der Waals surface area contributed by atoms with Crippen LogP contribution in [0, 0.1) is 0 Å². The van der Waals surface area contributed by atoms with Gasteiger partial charge in [-0.2, -0.15) is 0 Å². The molecule has 0 saturated carbocycles. The summed E-state index contributed by atoms with van der Waals surface area (Å²) in [7, 11) is 1.43. The molecule has 1 atom stereocenters. The first kappa shape index (κ1) is 14.1. The molecule has 19 heavy (non-hydrogen) atoms. The van der Waals surface area contributed by atoms with Gasteiger partial charge in [-0.1, -0.05) is 29.8 Å². The van der Waals surface area contributed by atoms with E-state index in [1.807, 2.05) is 29.6 Å². The van der Waals surface area contributed by atoms with Gasteiger partial charge in [0.25, 0.3) is 5.91 Å². The number of amides is 1. The summed E-state index contributed by atoms with van der Waals surface area (Å²) in [6.07, 6.45) is 0.647. The van der Waals surface area contributed by atoms with Crippen molar-refractivity contribution in [1.82, 2.24) is 5.48 Å². The van der Waals surface area contributed by atoms with Crippen LogP contribution in [-0.4, -0.2) is 13.0 Å². The van der Waals surface area contributed by atoms with Crippen LogP contribution in [0.1, 0.15) is 16.4 Å². The third kappa shape index (κ3) is 3.80. The summed E-state index contributed by atoms with van der Waals surface area (Å²) < 4.78 is 0. The third-order valence-electron chi connectivity index (χ3n) is 2.78. The van der Waals surface area contributed by atoms with Crippen molar-refractivity contribution in [3.63, 3.8) is 0 Å². The van der Waals surface area contributed by atoms with Crippen molar-refractivity contribution in [3.8, 4) is 0 Å². The molecule has 0 saturated heterocycles. The smallest absolute Gasteiger partial charge is 0.251 e. The quantitative estimate of drug-likeness (QED) is 0.859. The first-order chi connectivity index (χ1) is 9.20. The maximum atomic E-state index is 12.1. The Hall–Kier alpha value is -1.36. The predicted molar refractivity (Wildman–Crippen MR) is 77.4 cm³/mol. The fourth-order valence-corrected chi connectivity index (χ4v) is 2.74. The number of benzene rings is 1. The molecule has 1 aromatic carbocycles. The summed E-state index contributed by atoms with van der Waals surface area (Å²) in [5.74, 6) is -0.436. The van der Waals surface area contributed by atoms with Gasteiger partial charge in [0.05, 0.1) is 13.0 Å². The van der Waals surface area contributed by atoms with Gasteiger partial charge in [-0.25, -0.2) is 5.48 Å². The summed E-state index contributed by atoms with van der Waals surface area (Å²) in [5.41, 5.74) is 3.33. The van der Waals surface area contributed by atoms with E-state index in [4.69, 9.17) is 16.4 Å². The second-order valence-electron chi connectivity index (χ2n) is 4.06. The number of hydrogen-bond donors (Lipinski definition) is 1. The van der Waals surface area contributed by atoms with Crippen LogP contribution in [0.4, 0.5) is 0 Å². The molecule has 2 rings (SSSR count). The van der Waals surface area contributed by atoms with Crippen LogP contribution in [0.3, 0.4) is 0 Å². The van der Waals surface area contributed by atoms with Crippen LogP contribution < -0.4 is 5.48 Å². The Labute approximate surface area is 121 Å². The van der Waals surface area contributed by atoms with Crippen LogP contribution >= 0.6 is 22.9 Å². The van der Waals surface area contributed by atoms with Crippen LogP contribution in [0.15, 0.2) is 41.8 Å². The molecule has 100 valence electrons. The zero-order valence-corrected chi connectivity index (χ0v) is 12.0. The fourth-order valence-electron chi connectivity index (χ4n) is 1.86. The number of hydroxylamine groups is 1. The molecule has 0 bridgehead atoms. The van der Waals surface area contributed by atoms with E-state index >= 15 is 0 Å². The largest absolute Gasteiger partial charge is 0.277 e. The first-order valence-corrected chi connectivity index (χ1v) is 7.07. The van der Waals surface area contributed by atoms with E-state index in [-0.39, 0.29) is 11.8 Å². The lowest BCUT2D eigenvalue weighted by Crippen LogP contribution is -2.29. The van der Waals surface area contributed by atoms with Crippen molar-refractivity contribution in [2.75, 3.05) is 7.11 Å². The van der Waals surface area contributed by atoms with Crippen LogP contribution in [0.25, 0.3) is 0 Å². The molecular formula is C14H14ClNO2S. The Morgan fingerprint density at radius 1 is 1.37 bits per heavy atom. The molecule has 1 heterocycles. The molecule has 1 unspecified atom stereocenters. The molecule has 3 nitrogen and oxygen atoms in total. The maximum Gasteiger partial charge on any atom is 0.251 e. The highest BCUT2D eigenvalue weighted by atomic mass is 35.5. The molecule has 0 aliphatic carbocycles. The normalized spacial score (nSPS) is 12.1. The van der Waals surface area contributed by atoms with Crippen molar-refractivity contribution >= 4 is 28.8 Å². The standard InChI is InChI=1S/C14H14ClNO2S/c1-18-16-14(17)13(9-12-3-2-8-19-12)10-4-6-11(15)7-5-10/h2-8,13H,9H2,1H3,(H,16,17). The average molecular weight is 296 g/mol. The van der Waals surface area contributed by atoms with E-state index in [9.17, 15) is 4.79 Å². The van der Waals surface area contributed by atoms with Gasteiger partial charge in [-0.15, -0.1) is 11.3 Å². The van der Waals surface area contributed by atoms with E-state index in [0.29, 0.717) is 11.4 Å². The molecule has 0 radical (unpaired) electrons. The van der Waals surface area contributed by atoms with Crippen molar-refractivity contribution < 1.29 is 9.63 Å². The molecule has 0 aliphatic rings. The number of thiophene rings is 1. The predicted octanol–water partition coefficient (Wildman–Crippen LogP) is 3.41. The van der Waals surface area contributed by atoms with Crippen LogP contribution in [0.2, 0.25) is 5.02 Å². The van der Waals surface area contributed by atoms with Gasteiger partial charge in [0, 0.05) is 9.90 Å². The summed E-state index contributed by atoms with van der Waals surface area (Å²) in [6.45, 7) is 0. The summed E-state index contributed by atoms with van der Waals surface area (Å²) in [6, 6.07) is 11.3. The topological polar surface area (TPSA) is 38.3 Å². The zero-order chi connectivity index (χ0) is 13.7. The molecule has 1 amide bonds. The van der Waals surface area contributed by atoms with E-state index in [1.54, 1.807) is 23.5 Å². The number of carbonyl (C=O) groups excluding carboxylic acids is 1. The minimum Gasteiger partial charge on any atom is -0.277 e. The number of carbonyl (C=O) groups is 1. The van der Waals surface area contributed by atoms with Gasteiger partial charge in [0.15, 0.2) is 0 Å². The molecule has 2 aromatic rings. The highest BCUT2D eigenvalue weighted by Crippen LogP contribution is 2.25. The maximum absolute atomic E-state index is 12.1. The minimum atomic E-state index is -0.282. The number of hydrogen-bond acceptors (Lipinski definition) is 3. The van der Waals surface area contributed by atoms with Crippen molar-refractivity contribution in [2.45, 2.75) is 12.3 Å². The van der Waals surface area contributed by atoms with Gasteiger partial charge in [0.2, 0.25) is 0 Å². The minimum absolute atomic E-state index is 0.154. The lowest BCUT2D eigenvalue weighted by molar-refractivity contribution is -0.132. The van der Waals surface area contributed by atoms with Crippen LogP contribution in [0.5, 0.6) is 0 Å². The van der Waals surface area contributed by atoms with Gasteiger partial charge < -0.3 is 0 Å². The fraction of sp³-hybridized carbons (Fsp3) is 0.214. The molecule has 5 heteroatoms. The lowest BCUT2D eigenvalue weighted by atomic mass is 9.94. The Bertz CT molecular complexity index is 525. The van der Waals surface area contributed by atoms with E-state index in [0.717, 1.165) is 10.4 Å². The van der Waals surface area contributed by atoms with Crippen molar-refractivity contribution in [2.24, 2.45) is 0 Å². The summed E-state index contributed by atoms with van der Waals surface area (Å²) >= 11 is 7.51. The zero-order valence-electron chi connectivity index (χ0n) is 10.4. The van der Waals surface area contributed by atoms with Crippen LogP contribution in [-0.2, 0) is 16.1 Å². The summed E-state index contributed by atoms with van der Waals surface area (Å²) in [4.78, 5) is 18.0. The van der Waals surface area contributed by atoms with E-state index in [2.05, 4.69) is 5.48 Å². The average Bonchev–Trinajstić information content (AvgIpc) is 2.90. The molecular weight excluding hydrogens is 282 g/mol. The SMILES string of the molecule is CONC(=O)C(Cc1cccs1)c1ccc(Cl)cc1. The highest BCUT2D eigenvalue weighted by Gasteiger charge is 2.21. The first-order valence-electron chi connectivity index (χ1n) is 5.81. The third-order valence-corrected chi connectivity index (χ3v) is 3.93. The molecule has 0 spiro atoms. The number of halogens is 1. The Balaban J connectivity index is 2.23. The number of rotatable bonds is 5. The summed E-state index contributed by atoms with van der Waals surface area (Å²) in [5, 5.41) is 2.66. The Morgan fingerprint density at radius 2 is 2.11 bits per heavy atom. The van der Waals surface area contributed by atoms with Gasteiger partial charge >= 0.3 is 0 Å². The highest BCUT2D eigenvalue weighted by molar-refractivity contribution is 7.09. The van der Waals surface area contributed by atoms with E-state index in [1.165, 1.54) is 7.11 Å². The Kier molecular flexibility index (Phi) is 4.96. The van der Waals surface area contributed by atoms with E-state index < -0.39 is 0 Å². The molecule has 1 aromatic heterocycles. The monoisotopic (exact) mass is 295 g/mol. The van der Waals surface area contributed by atoms with Gasteiger partial charge in [-0.05, 0) is 35.6 Å². The molecule has 0 fully saturated rings. The second-order valence-corrected chi connectivity index (χ2v) is 5.53. The molecule has 0 aliphatic heterocycles. The lowest BCUT2D eigenvalue weighted by Gasteiger charge is -2.15. The number of nitrogens with one attached hydrogen (secondary N) is 1. The molecule has 1 N–H and O–H groups in total. The van der Waals surface area contributed by atoms with Crippen molar-refractivity contribution in [1.29, 1.82) is 0 Å². The second kappa shape index (κ2) is 6.70. The van der Waals surface area contributed by atoms with Gasteiger partial charge in [0.1, 0.15) is 0 Å².